The molecule has 1 aromatic heterocycles. The summed E-state index contributed by atoms with van der Waals surface area (Å²) in [6, 6.07) is 2.36. The number of ether oxygens (including phenoxy) is 3. The molecule has 1 aliphatic rings. The zero-order valence-electron chi connectivity index (χ0n) is 15.0. The molecule has 2 heterocycles. The molecule has 1 aliphatic heterocycles. The molecule has 0 amide bonds. The van der Waals surface area contributed by atoms with E-state index in [4.69, 9.17) is 9.47 Å². The highest BCUT2D eigenvalue weighted by atomic mass is 79.9. The monoisotopic (exact) mass is 483 g/mol. The maximum absolute atomic E-state index is 14.2. The van der Waals surface area contributed by atoms with E-state index in [1.54, 1.807) is 0 Å². The number of hydrogen-bond acceptors (Lipinski definition) is 6. The van der Waals surface area contributed by atoms with Crippen molar-refractivity contribution in [3.63, 3.8) is 0 Å². The third-order valence-corrected chi connectivity index (χ3v) is 4.50. The molecule has 1 N–H and O–H groups in total. The van der Waals surface area contributed by atoms with Crippen LogP contribution in [0.15, 0.2) is 22.9 Å². The first-order valence-corrected chi connectivity index (χ1v) is 9.59. The zero-order valence-corrected chi connectivity index (χ0v) is 16.6. The van der Waals surface area contributed by atoms with Gasteiger partial charge in [0.25, 0.3) is 0 Å². The molecular weight excluding hydrogens is 466 g/mol. The van der Waals surface area contributed by atoms with Crippen LogP contribution in [0.1, 0.15) is 36.8 Å². The highest BCUT2D eigenvalue weighted by Gasteiger charge is 2.32. The highest BCUT2D eigenvalue weighted by molar-refractivity contribution is 9.10. The van der Waals surface area contributed by atoms with Crippen LogP contribution in [0.5, 0.6) is 5.75 Å². The van der Waals surface area contributed by atoms with Gasteiger partial charge < -0.3 is 19.3 Å². The lowest BCUT2D eigenvalue weighted by molar-refractivity contribution is -0.274. The Balaban J connectivity index is 1.73. The van der Waals surface area contributed by atoms with E-state index in [0.717, 1.165) is 37.5 Å². The van der Waals surface area contributed by atoms with Crippen molar-refractivity contribution in [3.05, 3.63) is 40.1 Å². The number of aliphatic hydroxyl groups excluding tert-OH is 1. The van der Waals surface area contributed by atoms with Crippen molar-refractivity contribution < 1.29 is 36.9 Å². The summed E-state index contributed by atoms with van der Waals surface area (Å²) in [5.74, 6) is -1.63. The van der Waals surface area contributed by atoms with Gasteiger partial charge in [-0.25, -0.2) is 14.1 Å². The van der Waals surface area contributed by atoms with Crippen LogP contribution in [0.3, 0.4) is 0 Å². The first-order valence-electron chi connectivity index (χ1n) is 8.79. The summed E-state index contributed by atoms with van der Waals surface area (Å²) >= 11 is 3.08. The average molecular weight is 484 g/mol. The van der Waals surface area contributed by atoms with Gasteiger partial charge in [-0.15, -0.1) is 18.3 Å². The van der Waals surface area contributed by atoms with E-state index in [2.05, 4.69) is 30.7 Å². The van der Waals surface area contributed by atoms with Crippen molar-refractivity contribution in [1.29, 1.82) is 0 Å². The van der Waals surface area contributed by atoms with Gasteiger partial charge in [-0.05, 0) is 53.4 Å². The fraction of sp³-hybridized carbons (Fsp3) is 0.529. The maximum Gasteiger partial charge on any atom is 0.573 e. The summed E-state index contributed by atoms with van der Waals surface area (Å²) in [5, 5.41) is 14.6. The van der Waals surface area contributed by atoms with E-state index in [9.17, 15) is 22.7 Å². The van der Waals surface area contributed by atoms with Crippen LogP contribution in [0.4, 0.5) is 17.6 Å². The molecule has 29 heavy (non-hydrogen) atoms. The summed E-state index contributed by atoms with van der Waals surface area (Å²) in [5.41, 5.74) is -0.426. The van der Waals surface area contributed by atoms with E-state index in [0.29, 0.717) is 6.61 Å². The predicted molar refractivity (Wildman–Crippen MR) is 94.4 cm³/mol. The molecule has 1 saturated heterocycles. The van der Waals surface area contributed by atoms with Crippen molar-refractivity contribution in [1.82, 2.24) is 14.8 Å². The van der Waals surface area contributed by atoms with Crippen molar-refractivity contribution in [2.45, 2.75) is 44.6 Å². The molecular formula is C17H18BrF4N3O4. The first-order chi connectivity index (χ1) is 13.7. The Morgan fingerprint density at radius 1 is 1.34 bits per heavy atom. The molecule has 2 atom stereocenters. The second-order valence-corrected chi connectivity index (χ2v) is 6.97. The molecule has 3 rings (SSSR count). The highest BCUT2D eigenvalue weighted by Crippen LogP contribution is 2.30. The van der Waals surface area contributed by atoms with Crippen molar-refractivity contribution in [2.75, 3.05) is 13.2 Å². The molecule has 1 fully saturated rings. The Bertz CT molecular complexity index is 827. The van der Waals surface area contributed by atoms with Gasteiger partial charge in [-0.3, -0.25) is 0 Å². The van der Waals surface area contributed by atoms with Gasteiger partial charge in [-0.1, -0.05) is 0 Å². The van der Waals surface area contributed by atoms with Gasteiger partial charge in [0, 0.05) is 12.2 Å². The second kappa shape index (κ2) is 9.37. The summed E-state index contributed by atoms with van der Waals surface area (Å²) < 4.78 is 67.7. The molecule has 1 aromatic carbocycles. The largest absolute Gasteiger partial charge is 0.573 e. The topological polar surface area (TPSA) is 78.6 Å². The van der Waals surface area contributed by atoms with Gasteiger partial charge in [0.1, 0.15) is 17.7 Å². The van der Waals surface area contributed by atoms with E-state index >= 15 is 0 Å². The summed E-state index contributed by atoms with van der Waals surface area (Å²) in [6.07, 6.45) is -4.18. The Morgan fingerprint density at radius 2 is 2.14 bits per heavy atom. The van der Waals surface area contributed by atoms with Crippen molar-refractivity contribution >= 4 is 15.9 Å². The Labute approximate surface area is 171 Å². The van der Waals surface area contributed by atoms with E-state index < -0.39 is 29.6 Å². The molecule has 2 aromatic rings. The number of halogens is 5. The lowest BCUT2D eigenvalue weighted by atomic mass is 10.1. The molecule has 0 radical (unpaired) electrons. The fourth-order valence-electron chi connectivity index (χ4n) is 2.87. The number of rotatable bonds is 7. The van der Waals surface area contributed by atoms with E-state index in [-0.39, 0.29) is 30.0 Å². The molecule has 0 saturated carbocycles. The minimum atomic E-state index is -4.94. The standard InChI is InChI=1S/C17H18BrF4N3O4/c18-16-23-15(25(24-16)6-8-28-13-3-1-2-7-27-13)14(26)11-9-10(4-5-12(11)19)29-17(20,21)22/h4-5,9,13-14,26H,1-3,6-8H2. The molecule has 12 heteroatoms. The number of aromatic nitrogens is 3. The van der Waals surface area contributed by atoms with E-state index in [1.165, 1.54) is 4.68 Å². The van der Waals surface area contributed by atoms with Gasteiger partial charge >= 0.3 is 6.36 Å². The van der Waals surface area contributed by atoms with Crippen molar-refractivity contribution in [2.24, 2.45) is 0 Å². The van der Waals surface area contributed by atoms with Crippen LogP contribution in [-0.4, -0.2) is 45.7 Å². The van der Waals surface area contributed by atoms with Crippen LogP contribution in [-0.2, 0) is 16.0 Å². The molecule has 160 valence electrons. The van der Waals surface area contributed by atoms with Gasteiger partial charge in [-0.2, -0.15) is 0 Å². The third kappa shape index (κ3) is 6.11. The predicted octanol–water partition coefficient (Wildman–Crippen LogP) is 3.70. The van der Waals surface area contributed by atoms with Crippen LogP contribution in [0.2, 0.25) is 0 Å². The summed E-state index contributed by atoms with van der Waals surface area (Å²) in [7, 11) is 0. The minimum absolute atomic E-state index is 0.0619. The van der Waals surface area contributed by atoms with Gasteiger partial charge in [0.15, 0.2) is 12.1 Å². The van der Waals surface area contributed by atoms with Crippen molar-refractivity contribution in [3.8, 4) is 5.75 Å². The molecule has 0 aliphatic carbocycles. The maximum atomic E-state index is 14.2. The smallest absolute Gasteiger partial charge is 0.406 e. The number of alkyl halides is 3. The molecule has 2 unspecified atom stereocenters. The van der Waals surface area contributed by atoms with E-state index in [1.807, 2.05) is 0 Å². The Morgan fingerprint density at radius 3 is 2.83 bits per heavy atom. The lowest BCUT2D eigenvalue weighted by Crippen LogP contribution is -2.24. The lowest BCUT2D eigenvalue weighted by Gasteiger charge is -2.22. The third-order valence-electron chi connectivity index (χ3n) is 4.16. The van der Waals surface area contributed by atoms with Gasteiger partial charge in [0.2, 0.25) is 4.73 Å². The molecule has 7 nitrogen and oxygen atoms in total. The SMILES string of the molecule is OC(c1cc(OC(F)(F)F)ccc1F)c1nc(Br)nn1CCOC1CCCCO1. The Hall–Kier alpha value is -1.76. The fourth-order valence-corrected chi connectivity index (χ4v) is 3.25. The molecule has 0 spiro atoms. The summed E-state index contributed by atoms with van der Waals surface area (Å²) in [6.45, 7) is 0.990. The number of nitrogens with zero attached hydrogens (tertiary/aromatic N) is 3. The number of aliphatic hydroxyl groups is 1. The van der Waals surface area contributed by atoms with Gasteiger partial charge in [0.05, 0.1) is 13.2 Å². The van der Waals surface area contributed by atoms with Crippen LogP contribution in [0, 0.1) is 5.82 Å². The quantitative estimate of drug-likeness (QED) is 0.605. The van der Waals surface area contributed by atoms with Crippen LogP contribution in [0.25, 0.3) is 0 Å². The van der Waals surface area contributed by atoms with Crippen LogP contribution < -0.4 is 4.74 Å². The zero-order chi connectivity index (χ0) is 21.0. The summed E-state index contributed by atoms with van der Waals surface area (Å²) in [4.78, 5) is 4.00. The Kier molecular flexibility index (Phi) is 7.09. The average Bonchev–Trinajstić information content (AvgIpc) is 3.03. The normalized spacial score (nSPS) is 18.6. The second-order valence-electron chi connectivity index (χ2n) is 6.26. The first kappa shape index (κ1) is 21.9. The molecule has 0 bridgehead atoms. The number of hydrogen-bond donors (Lipinski definition) is 1. The van der Waals surface area contributed by atoms with Crippen LogP contribution >= 0.6 is 15.9 Å². The number of benzene rings is 1. The minimum Gasteiger partial charge on any atom is -0.406 e.